The number of hydrogen-bond donors (Lipinski definition) is 2. The van der Waals surface area contributed by atoms with Gasteiger partial charge in [0.05, 0.1) is 36.5 Å². The van der Waals surface area contributed by atoms with Crippen LogP contribution in [0.4, 0.5) is 13.2 Å². The Morgan fingerprint density at radius 3 is 2.28 bits per heavy atom. The number of hydrogen-bond acceptors (Lipinski definition) is 11. The number of likely N-dealkylation sites (N-methyl/N-ethyl adjacent to an activating group) is 2. The molecule has 11 nitrogen and oxygen atoms in total. The van der Waals surface area contributed by atoms with E-state index in [1.807, 2.05) is 51.6 Å². The zero-order valence-corrected chi connectivity index (χ0v) is 30.2. The third kappa shape index (κ3) is 11.1. The van der Waals surface area contributed by atoms with Gasteiger partial charge in [-0.25, -0.2) is 0 Å². The molecule has 2 saturated heterocycles. The van der Waals surface area contributed by atoms with Gasteiger partial charge in [0.1, 0.15) is 18.1 Å². The van der Waals surface area contributed by atoms with Crippen molar-refractivity contribution in [2.75, 3.05) is 61.0 Å². The number of halogens is 3. The topological polar surface area (TPSA) is 121 Å². The van der Waals surface area contributed by atoms with Crippen molar-refractivity contribution in [2.24, 2.45) is 17.3 Å². The molecule has 0 spiro atoms. The molecule has 47 heavy (non-hydrogen) atoms. The molecule has 0 aromatic carbocycles. The third-order valence-corrected chi connectivity index (χ3v) is 9.88. The van der Waals surface area contributed by atoms with E-state index in [4.69, 9.17) is 18.9 Å². The van der Waals surface area contributed by atoms with Gasteiger partial charge < -0.3 is 34.1 Å². The standard InChI is InChI=1S/C33H60F3N3O8/c1-12-39-17-20(2)16-32(7,44-11)28(47-29-26(41)23(37(8)9)15-21(3)46-29)22(4)27(42)31(5,6)30(43)45-18-24(39)25(40)13-14-38(10)19-33(34,35)36/h20-26,28-29,40-41H,12-19H2,1-11H3/t20-,21-,22+,23+,24+,25?,26-,28-,29+,32-/m1/s1. The van der Waals surface area contributed by atoms with E-state index in [0.29, 0.717) is 25.9 Å². The number of esters is 1. The Balaban J connectivity index is 2.49. The van der Waals surface area contributed by atoms with E-state index in [1.165, 1.54) is 28.0 Å². The van der Waals surface area contributed by atoms with Crippen LogP contribution in [0.2, 0.25) is 0 Å². The Bertz CT molecular complexity index is 1020. The smallest absolute Gasteiger partial charge is 0.401 e. The van der Waals surface area contributed by atoms with Crippen molar-refractivity contribution in [2.45, 2.75) is 122 Å². The minimum atomic E-state index is -4.37. The zero-order chi connectivity index (χ0) is 36.1. The summed E-state index contributed by atoms with van der Waals surface area (Å²) in [6.45, 7) is 11.7. The van der Waals surface area contributed by atoms with E-state index in [0.717, 1.165) is 4.90 Å². The van der Waals surface area contributed by atoms with Gasteiger partial charge in [0.25, 0.3) is 0 Å². The molecule has 1 unspecified atom stereocenters. The first kappa shape index (κ1) is 41.8. The summed E-state index contributed by atoms with van der Waals surface area (Å²) in [6.07, 6.45) is -7.75. The Morgan fingerprint density at radius 2 is 1.74 bits per heavy atom. The highest BCUT2D eigenvalue weighted by Gasteiger charge is 2.51. The predicted molar refractivity (Wildman–Crippen MR) is 171 cm³/mol. The number of aliphatic hydroxyl groups excluding tert-OH is 2. The molecule has 0 aliphatic carbocycles. The normalized spacial score (nSPS) is 36.0. The van der Waals surface area contributed by atoms with Crippen molar-refractivity contribution in [1.29, 1.82) is 0 Å². The molecule has 0 amide bonds. The van der Waals surface area contributed by atoms with E-state index < -0.39 is 72.1 Å². The molecular weight excluding hydrogens is 623 g/mol. The van der Waals surface area contributed by atoms with Gasteiger partial charge in [-0.1, -0.05) is 20.8 Å². The SMILES string of the molecule is CCN1C[C@H](C)C[C@@](C)(OC)[C@H](O[C@@H]2O[C@H](C)C[C@H](N(C)C)[C@H]2O)[C@@H](C)C(=O)C(C)(C)C(=O)OC[C@H]1C(O)CCN(C)CC(F)(F)F. The van der Waals surface area contributed by atoms with Crippen LogP contribution in [0, 0.1) is 17.3 Å². The van der Waals surface area contributed by atoms with Crippen LogP contribution in [0.1, 0.15) is 67.7 Å². The van der Waals surface area contributed by atoms with Gasteiger partial charge in [-0.05, 0) is 80.6 Å². The van der Waals surface area contributed by atoms with Gasteiger partial charge in [-0.3, -0.25) is 19.4 Å². The highest BCUT2D eigenvalue weighted by Crippen LogP contribution is 2.38. The van der Waals surface area contributed by atoms with Crippen LogP contribution in [-0.2, 0) is 28.5 Å². The number of ether oxygens (including phenoxy) is 4. The lowest BCUT2D eigenvalue weighted by molar-refractivity contribution is -0.295. The molecule has 276 valence electrons. The van der Waals surface area contributed by atoms with Gasteiger partial charge >= 0.3 is 12.1 Å². The maximum atomic E-state index is 14.2. The van der Waals surface area contributed by atoms with Crippen LogP contribution in [0.25, 0.3) is 0 Å². The van der Waals surface area contributed by atoms with Crippen LogP contribution in [-0.4, -0.2) is 152 Å². The van der Waals surface area contributed by atoms with Crippen molar-refractivity contribution in [3.8, 4) is 0 Å². The molecule has 2 N–H and O–H groups in total. The van der Waals surface area contributed by atoms with Gasteiger partial charge in [-0.2, -0.15) is 13.2 Å². The molecule has 0 aromatic heterocycles. The Kier molecular flexibility index (Phi) is 15.1. The first-order valence-electron chi connectivity index (χ1n) is 16.7. The Hall–Kier alpha value is -1.39. The molecule has 2 rings (SSSR count). The molecule has 2 fully saturated rings. The minimum absolute atomic E-state index is 0.0147. The average Bonchev–Trinajstić information content (AvgIpc) is 2.97. The lowest BCUT2D eigenvalue weighted by atomic mass is 9.74. The van der Waals surface area contributed by atoms with Crippen molar-refractivity contribution in [3.05, 3.63) is 0 Å². The van der Waals surface area contributed by atoms with E-state index in [9.17, 15) is 33.0 Å². The number of aliphatic hydroxyl groups is 2. The number of ketones is 1. The largest absolute Gasteiger partial charge is 0.463 e. The fourth-order valence-corrected chi connectivity index (χ4v) is 7.10. The van der Waals surface area contributed by atoms with E-state index >= 15 is 0 Å². The lowest BCUT2D eigenvalue weighted by Gasteiger charge is -2.47. The number of Topliss-reactive ketones (excluding diaryl/α,β-unsaturated/α-hetero) is 1. The second-order valence-corrected chi connectivity index (χ2v) is 14.7. The van der Waals surface area contributed by atoms with Crippen molar-refractivity contribution in [1.82, 2.24) is 14.7 Å². The summed E-state index contributed by atoms with van der Waals surface area (Å²) in [4.78, 5) is 32.7. The summed E-state index contributed by atoms with van der Waals surface area (Å²) in [5, 5.41) is 22.6. The van der Waals surface area contributed by atoms with Crippen molar-refractivity contribution >= 4 is 11.8 Å². The first-order valence-corrected chi connectivity index (χ1v) is 16.7. The maximum Gasteiger partial charge on any atom is 0.401 e. The first-order chi connectivity index (χ1) is 21.6. The highest BCUT2D eigenvalue weighted by atomic mass is 19.4. The van der Waals surface area contributed by atoms with Crippen LogP contribution in [0.15, 0.2) is 0 Å². The third-order valence-electron chi connectivity index (χ3n) is 9.88. The summed E-state index contributed by atoms with van der Waals surface area (Å²) >= 11 is 0. The summed E-state index contributed by atoms with van der Waals surface area (Å²) in [5.41, 5.74) is -2.71. The van der Waals surface area contributed by atoms with Crippen LogP contribution >= 0.6 is 0 Å². The average molecular weight is 684 g/mol. The predicted octanol–water partition coefficient (Wildman–Crippen LogP) is 2.95. The van der Waals surface area contributed by atoms with Crippen LogP contribution in [0.5, 0.6) is 0 Å². The molecule has 2 aliphatic heterocycles. The van der Waals surface area contributed by atoms with Gasteiger partial charge in [0.2, 0.25) is 0 Å². The van der Waals surface area contributed by atoms with Crippen LogP contribution in [0.3, 0.4) is 0 Å². The molecule has 0 radical (unpaired) electrons. The second-order valence-electron chi connectivity index (χ2n) is 14.7. The van der Waals surface area contributed by atoms with Crippen molar-refractivity contribution < 1.29 is 51.9 Å². The Morgan fingerprint density at radius 1 is 1.13 bits per heavy atom. The molecule has 2 heterocycles. The summed E-state index contributed by atoms with van der Waals surface area (Å²) in [6, 6.07) is -0.982. The van der Waals surface area contributed by atoms with Gasteiger partial charge in [0.15, 0.2) is 12.1 Å². The molecular formula is C33H60F3N3O8. The number of nitrogens with zero attached hydrogens (tertiary/aromatic N) is 3. The summed E-state index contributed by atoms with van der Waals surface area (Å²) in [7, 11) is 6.60. The van der Waals surface area contributed by atoms with Gasteiger partial charge in [0, 0.05) is 32.2 Å². The molecule has 14 heteroatoms. The number of methoxy groups -OCH3 is 1. The number of carbonyl (C=O) groups excluding carboxylic acids is 2. The summed E-state index contributed by atoms with van der Waals surface area (Å²) in [5.74, 6) is -2.25. The monoisotopic (exact) mass is 683 g/mol. The minimum Gasteiger partial charge on any atom is -0.463 e. The number of cyclic esters (lactones) is 1. The van der Waals surface area contributed by atoms with E-state index in [1.54, 1.807) is 6.92 Å². The number of rotatable bonds is 10. The summed E-state index contributed by atoms with van der Waals surface area (Å²) < 4.78 is 63.2. The van der Waals surface area contributed by atoms with E-state index in [2.05, 4.69) is 0 Å². The number of alkyl halides is 3. The molecule has 2 aliphatic rings. The van der Waals surface area contributed by atoms with Gasteiger partial charge in [-0.15, -0.1) is 0 Å². The van der Waals surface area contributed by atoms with Crippen LogP contribution < -0.4 is 0 Å². The molecule has 0 bridgehead atoms. The molecule has 10 atom stereocenters. The van der Waals surface area contributed by atoms with Crippen molar-refractivity contribution in [3.63, 3.8) is 0 Å². The zero-order valence-electron chi connectivity index (χ0n) is 30.2. The molecule has 0 aromatic rings. The second kappa shape index (κ2) is 17.0. The van der Waals surface area contributed by atoms with E-state index in [-0.39, 0.29) is 37.6 Å². The fraction of sp³-hybridized carbons (Fsp3) is 0.939. The highest BCUT2D eigenvalue weighted by molar-refractivity contribution is 6.04. The Labute approximate surface area is 279 Å². The number of carbonyl (C=O) groups is 2. The molecule has 0 saturated carbocycles. The maximum absolute atomic E-state index is 14.2. The lowest BCUT2D eigenvalue weighted by Crippen LogP contribution is -2.59. The fourth-order valence-electron chi connectivity index (χ4n) is 7.10. The quantitative estimate of drug-likeness (QED) is 0.261.